The van der Waals surface area contributed by atoms with Crippen LogP contribution in [-0.2, 0) is 19.7 Å². The average Bonchev–Trinajstić information content (AvgIpc) is 2.60. The number of hydrogen-bond acceptors (Lipinski definition) is 6. The highest BCUT2D eigenvalue weighted by atomic mass is 79.9. The van der Waals surface area contributed by atoms with E-state index in [1.165, 1.54) is 11.4 Å². The Morgan fingerprint density at radius 1 is 1.53 bits per heavy atom. The van der Waals surface area contributed by atoms with Crippen LogP contribution in [0.3, 0.4) is 0 Å². The van der Waals surface area contributed by atoms with E-state index in [0.29, 0.717) is 0 Å². The van der Waals surface area contributed by atoms with Crippen molar-refractivity contribution >= 4 is 49.4 Å². The summed E-state index contributed by atoms with van der Waals surface area (Å²) < 4.78 is 23.2. The standard InChI is InChI=1S/C7H6BrNO6S2/c1-4(10)15-9(7(11)12)17(13,14)6-5(8)2-3-16-6/h2-3H,1H3,(H,11,12). The molecule has 10 heteroatoms. The van der Waals surface area contributed by atoms with Crippen LogP contribution in [0.15, 0.2) is 20.1 Å². The number of halogens is 1. The van der Waals surface area contributed by atoms with Crippen LogP contribution in [-0.4, -0.2) is 30.1 Å². The minimum absolute atomic E-state index is 0.195. The number of carboxylic acid groups (broad SMARTS) is 1. The second-order valence-electron chi connectivity index (χ2n) is 2.65. The summed E-state index contributed by atoms with van der Waals surface area (Å²) in [5.41, 5.74) is 0. The summed E-state index contributed by atoms with van der Waals surface area (Å²) in [7, 11) is -4.42. The molecular formula is C7H6BrNO6S2. The van der Waals surface area contributed by atoms with Gasteiger partial charge >= 0.3 is 22.1 Å². The van der Waals surface area contributed by atoms with E-state index in [1.54, 1.807) is 0 Å². The van der Waals surface area contributed by atoms with Gasteiger partial charge in [0.05, 0.1) is 0 Å². The molecule has 94 valence electrons. The van der Waals surface area contributed by atoms with Gasteiger partial charge in [0.1, 0.15) is 0 Å². The molecule has 0 saturated heterocycles. The Balaban J connectivity index is 3.23. The van der Waals surface area contributed by atoms with Gasteiger partial charge in [-0.05, 0) is 31.8 Å². The number of hydroxylamine groups is 1. The number of nitrogens with zero attached hydrogens (tertiary/aromatic N) is 1. The molecule has 1 amide bonds. The molecule has 0 aliphatic heterocycles. The molecule has 1 heterocycles. The van der Waals surface area contributed by atoms with Crippen molar-refractivity contribution in [2.45, 2.75) is 11.1 Å². The Morgan fingerprint density at radius 3 is 2.47 bits per heavy atom. The number of hydrogen-bond donors (Lipinski definition) is 1. The largest absolute Gasteiger partial charge is 0.462 e. The summed E-state index contributed by atoms with van der Waals surface area (Å²) in [6.07, 6.45) is -1.90. The van der Waals surface area contributed by atoms with Gasteiger partial charge in [0, 0.05) is 11.4 Å². The molecular weight excluding hydrogens is 338 g/mol. The summed E-state index contributed by atoms with van der Waals surface area (Å²) in [5, 5.41) is 10.2. The molecule has 0 fully saturated rings. The lowest BCUT2D eigenvalue weighted by atomic mass is 10.7. The van der Waals surface area contributed by atoms with Crippen molar-refractivity contribution < 1.29 is 28.0 Å². The Labute approximate surface area is 109 Å². The minimum atomic E-state index is -4.42. The van der Waals surface area contributed by atoms with Gasteiger partial charge in [-0.3, -0.25) is 0 Å². The Hall–Kier alpha value is -1.13. The highest BCUT2D eigenvalue weighted by molar-refractivity contribution is 9.10. The summed E-state index contributed by atoms with van der Waals surface area (Å²) in [4.78, 5) is 25.6. The first-order chi connectivity index (χ1) is 7.76. The smallest absolute Gasteiger partial charge is 0.456 e. The molecule has 0 radical (unpaired) electrons. The van der Waals surface area contributed by atoms with Gasteiger partial charge in [-0.2, -0.15) is 8.42 Å². The van der Waals surface area contributed by atoms with Crippen molar-refractivity contribution in [2.24, 2.45) is 0 Å². The van der Waals surface area contributed by atoms with Crippen molar-refractivity contribution in [3.05, 3.63) is 15.9 Å². The predicted molar refractivity (Wildman–Crippen MR) is 60.8 cm³/mol. The quantitative estimate of drug-likeness (QED) is 0.819. The normalized spacial score (nSPS) is 10.9. The van der Waals surface area contributed by atoms with E-state index < -0.39 is 22.1 Å². The molecule has 1 aromatic rings. The minimum Gasteiger partial charge on any atom is -0.462 e. The fraction of sp³-hybridized carbons (Fsp3) is 0.143. The van der Waals surface area contributed by atoms with Crippen LogP contribution in [0.25, 0.3) is 0 Å². The number of sulfonamides is 1. The summed E-state index contributed by atoms with van der Waals surface area (Å²) in [5.74, 6) is -1.05. The van der Waals surface area contributed by atoms with Crippen molar-refractivity contribution in [2.75, 3.05) is 0 Å². The summed E-state index contributed by atoms with van der Waals surface area (Å²) in [6.45, 7) is 0.898. The highest BCUT2D eigenvalue weighted by Gasteiger charge is 2.35. The maximum Gasteiger partial charge on any atom is 0.456 e. The number of carbonyl (C=O) groups excluding carboxylic acids is 1. The van der Waals surface area contributed by atoms with Crippen molar-refractivity contribution in [1.82, 2.24) is 4.47 Å². The first kappa shape index (κ1) is 13.9. The van der Waals surface area contributed by atoms with E-state index >= 15 is 0 Å². The Bertz CT molecular complexity index is 550. The lowest BCUT2D eigenvalue weighted by Crippen LogP contribution is -2.37. The number of rotatable bonds is 2. The topological polar surface area (TPSA) is 101 Å². The molecule has 0 atom stereocenters. The molecule has 1 aromatic heterocycles. The molecule has 0 bridgehead atoms. The summed E-state index contributed by atoms with van der Waals surface area (Å²) >= 11 is 3.76. The Kier molecular flexibility index (Phi) is 4.11. The van der Waals surface area contributed by atoms with Crippen LogP contribution in [0, 0.1) is 0 Å². The molecule has 0 unspecified atom stereocenters. The van der Waals surface area contributed by atoms with E-state index in [1.807, 2.05) is 0 Å². The SMILES string of the molecule is CC(=O)ON(C(=O)O)S(=O)(=O)c1sccc1Br. The van der Waals surface area contributed by atoms with Gasteiger partial charge in [-0.15, -0.1) is 11.3 Å². The first-order valence-corrected chi connectivity index (χ1v) is 7.08. The van der Waals surface area contributed by atoms with E-state index in [2.05, 4.69) is 20.8 Å². The zero-order valence-corrected chi connectivity index (χ0v) is 11.5. The highest BCUT2D eigenvalue weighted by Crippen LogP contribution is 2.30. The zero-order valence-electron chi connectivity index (χ0n) is 8.28. The second-order valence-corrected chi connectivity index (χ2v) is 6.37. The second kappa shape index (κ2) is 5.02. The maximum absolute atomic E-state index is 11.8. The van der Waals surface area contributed by atoms with Crippen LogP contribution in [0.5, 0.6) is 0 Å². The Morgan fingerprint density at radius 2 is 2.12 bits per heavy atom. The third-order valence-electron chi connectivity index (χ3n) is 1.40. The maximum atomic E-state index is 11.8. The molecule has 7 nitrogen and oxygen atoms in total. The van der Waals surface area contributed by atoms with E-state index in [9.17, 15) is 18.0 Å². The third kappa shape index (κ3) is 2.96. The van der Waals surface area contributed by atoms with E-state index in [0.717, 1.165) is 18.3 Å². The molecule has 0 aliphatic rings. The third-order valence-corrected chi connectivity index (χ3v) is 5.57. The monoisotopic (exact) mass is 343 g/mol. The van der Waals surface area contributed by atoms with Crippen molar-refractivity contribution in [3.8, 4) is 0 Å². The zero-order chi connectivity index (χ0) is 13.2. The van der Waals surface area contributed by atoms with Crippen LogP contribution < -0.4 is 0 Å². The van der Waals surface area contributed by atoms with Gasteiger partial charge in [0.25, 0.3) is 0 Å². The average molecular weight is 344 g/mol. The van der Waals surface area contributed by atoms with Gasteiger partial charge < -0.3 is 9.94 Å². The lowest BCUT2D eigenvalue weighted by molar-refractivity contribution is -0.161. The predicted octanol–water partition coefficient (Wildman–Crippen LogP) is 1.66. The van der Waals surface area contributed by atoms with Crippen LogP contribution in [0.4, 0.5) is 4.79 Å². The number of amides is 1. The molecule has 17 heavy (non-hydrogen) atoms. The number of carbonyl (C=O) groups is 2. The fourth-order valence-corrected chi connectivity index (χ4v) is 4.29. The van der Waals surface area contributed by atoms with E-state index in [4.69, 9.17) is 5.11 Å². The van der Waals surface area contributed by atoms with E-state index in [-0.39, 0.29) is 13.2 Å². The molecule has 0 spiro atoms. The molecule has 0 saturated carbocycles. The number of thiophene rings is 1. The lowest BCUT2D eigenvalue weighted by Gasteiger charge is -2.15. The van der Waals surface area contributed by atoms with Crippen LogP contribution in [0.1, 0.15) is 6.92 Å². The van der Waals surface area contributed by atoms with Crippen LogP contribution in [0.2, 0.25) is 0 Å². The van der Waals surface area contributed by atoms with Gasteiger partial charge in [-0.1, -0.05) is 0 Å². The van der Waals surface area contributed by atoms with Gasteiger partial charge in [0.15, 0.2) is 4.21 Å². The van der Waals surface area contributed by atoms with Crippen molar-refractivity contribution in [3.63, 3.8) is 0 Å². The van der Waals surface area contributed by atoms with Crippen molar-refractivity contribution in [1.29, 1.82) is 0 Å². The molecule has 1 rings (SSSR count). The van der Waals surface area contributed by atoms with Gasteiger partial charge in [0.2, 0.25) is 0 Å². The summed E-state index contributed by atoms with van der Waals surface area (Å²) in [6, 6.07) is 1.44. The first-order valence-electron chi connectivity index (χ1n) is 3.96. The van der Waals surface area contributed by atoms with Crippen LogP contribution >= 0.6 is 27.3 Å². The molecule has 0 aliphatic carbocycles. The fourth-order valence-electron chi connectivity index (χ4n) is 0.847. The van der Waals surface area contributed by atoms with Gasteiger partial charge in [-0.25, -0.2) is 9.59 Å². The molecule has 1 N–H and O–H groups in total. The molecule has 0 aromatic carbocycles.